The molecule has 0 spiro atoms. The fourth-order valence-electron chi connectivity index (χ4n) is 2.59. The van der Waals surface area contributed by atoms with Crippen LogP contribution in [0.1, 0.15) is 18.4 Å². The molecule has 3 nitrogen and oxygen atoms in total. The highest BCUT2D eigenvalue weighted by Gasteiger charge is 2.14. The van der Waals surface area contributed by atoms with Crippen molar-refractivity contribution in [2.45, 2.75) is 12.8 Å². The van der Waals surface area contributed by atoms with Crippen LogP contribution in [0.4, 0.5) is 0 Å². The summed E-state index contributed by atoms with van der Waals surface area (Å²) in [5.41, 5.74) is 3.35. The highest BCUT2D eigenvalue weighted by atomic mass is 16.2. The Hall–Kier alpha value is -2.68. The zero-order chi connectivity index (χ0) is 17.2. The SMILES string of the molecule is C=C(/C=C\C=N/C)/C=C/C(=O)N1CCC=C(c2ccccc2)CC1. The standard InChI is InChI=1S/C21H24N2O/c1-18(8-6-15-22-2)12-13-21(24)23-16-7-11-20(14-17-23)19-9-4-3-5-10-19/h3-6,8-13,15H,1,7,14,16-17H2,2H3/b8-6-,13-12+,22-15-. The predicted octanol–water partition coefficient (Wildman–Crippen LogP) is 4.06. The molecular formula is C21H24N2O. The number of carbonyl (C=O) groups excluding carboxylic acids is 1. The summed E-state index contributed by atoms with van der Waals surface area (Å²) < 4.78 is 0. The first-order valence-corrected chi connectivity index (χ1v) is 8.20. The molecule has 0 bridgehead atoms. The minimum Gasteiger partial charge on any atom is -0.339 e. The molecule has 0 unspecified atom stereocenters. The van der Waals surface area contributed by atoms with Crippen molar-refractivity contribution in [3.63, 3.8) is 0 Å². The van der Waals surface area contributed by atoms with Gasteiger partial charge in [0.2, 0.25) is 5.91 Å². The molecule has 1 aliphatic heterocycles. The van der Waals surface area contributed by atoms with Gasteiger partial charge in [0.25, 0.3) is 0 Å². The summed E-state index contributed by atoms with van der Waals surface area (Å²) in [6.45, 7) is 5.40. The summed E-state index contributed by atoms with van der Waals surface area (Å²) in [5, 5.41) is 0. The number of nitrogens with zero attached hydrogens (tertiary/aromatic N) is 2. The number of benzene rings is 1. The Morgan fingerprint density at radius 2 is 1.96 bits per heavy atom. The molecule has 24 heavy (non-hydrogen) atoms. The fourth-order valence-corrected chi connectivity index (χ4v) is 2.59. The Labute approximate surface area is 144 Å². The van der Waals surface area contributed by atoms with E-state index in [4.69, 9.17) is 0 Å². The second-order valence-electron chi connectivity index (χ2n) is 5.63. The van der Waals surface area contributed by atoms with Gasteiger partial charge in [0.1, 0.15) is 0 Å². The maximum Gasteiger partial charge on any atom is 0.246 e. The van der Waals surface area contributed by atoms with E-state index in [0.717, 1.165) is 31.5 Å². The topological polar surface area (TPSA) is 32.7 Å². The van der Waals surface area contributed by atoms with Gasteiger partial charge in [0.15, 0.2) is 0 Å². The van der Waals surface area contributed by atoms with Crippen molar-refractivity contribution < 1.29 is 4.79 Å². The van der Waals surface area contributed by atoms with Gasteiger partial charge < -0.3 is 4.90 Å². The highest BCUT2D eigenvalue weighted by molar-refractivity contribution is 5.88. The highest BCUT2D eigenvalue weighted by Crippen LogP contribution is 2.22. The van der Waals surface area contributed by atoms with E-state index < -0.39 is 0 Å². The average molecular weight is 320 g/mol. The number of hydrogen-bond donors (Lipinski definition) is 0. The maximum absolute atomic E-state index is 12.4. The lowest BCUT2D eigenvalue weighted by Gasteiger charge is -2.18. The number of aliphatic imine (C=N–C) groups is 1. The third-order valence-corrected chi connectivity index (χ3v) is 3.88. The van der Waals surface area contributed by atoms with Crippen LogP contribution < -0.4 is 0 Å². The van der Waals surface area contributed by atoms with Gasteiger partial charge in [-0.3, -0.25) is 9.79 Å². The summed E-state index contributed by atoms with van der Waals surface area (Å²) in [5.74, 6) is 0.0384. The van der Waals surface area contributed by atoms with Crippen LogP contribution in [0.25, 0.3) is 5.57 Å². The van der Waals surface area contributed by atoms with E-state index in [0.29, 0.717) is 0 Å². The molecule has 1 aromatic carbocycles. The van der Waals surface area contributed by atoms with Gasteiger partial charge in [0.05, 0.1) is 0 Å². The van der Waals surface area contributed by atoms with Crippen molar-refractivity contribution in [1.29, 1.82) is 0 Å². The Balaban J connectivity index is 1.90. The monoisotopic (exact) mass is 320 g/mol. The van der Waals surface area contributed by atoms with E-state index in [2.05, 4.69) is 41.9 Å². The predicted molar refractivity (Wildman–Crippen MR) is 102 cm³/mol. The molecule has 0 saturated heterocycles. The summed E-state index contributed by atoms with van der Waals surface area (Å²) in [4.78, 5) is 18.1. The van der Waals surface area contributed by atoms with Gasteiger partial charge in [0, 0.05) is 32.4 Å². The number of carbonyl (C=O) groups is 1. The second kappa shape index (κ2) is 9.46. The molecule has 1 aliphatic rings. The smallest absolute Gasteiger partial charge is 0.246 e. The lowest BCUT2D eigenvalue weighted by atomic mass is 10.0. The zero-order valence-corrected chi connectivity index (χ0v) is 14.2. The Kier molecular flexibility index (Phi) is 6.96. The van der Waals surface area contributed by atoms with Crippen molar-refractivity contribution in [3.05, 3.63) is 78.4 Å². The molecule has 0 N–H and O–H groups in total. The maximum atomic E-state index is 12.4. The molecule has 0 fully saturated rings. The summed E-state index contributed by atoms with van der Waals surface area (Å²) in [6.07, 6.45) is 12.7. The Bertz CT molecular complexity index is 681. The van der Waals surface area contributed by atoms with Gasteiger partial charge in [-0.2, -0.15) is 0 Å². The van der Waals surface area contributed by atoms with Crippen LogP contribution in [0.3, 0.4) is 0 Å². The molecule has 0 aromatic heterocycles. The summed E-state index contributed by atoms with van der Waals surface area (Å²) in [7, 11) is 1.71. The minimum atomic E-state index is 0.0384. The molecule has 0 saturated carbocycles. The third-order valence-electron chi connectivity index (χ3n) is 3.88. The van der Waals surface area contributed by atoms with Crippen molar-refractivity contribution in [2.24, 2.45) is 4.99 Å². The molecular weight excluding hydrogens is 296 g/mol. The molecule has 124 valence electrons. The minimum absolute atomic E-state index is 0.0384. The molecule has 1 amide bonds. The number of allylic oxidation sites excluding steroid dienone is 4. The van der Waals surface area contributed by atoms with Crippen LogP contribution in [0, 0.1) is 0 Å². The first-order valence-electron chi connectivity index (χ1n) is 8.20. The van der Waals surface area contributed by atoms with Gasteiger partial charge >= 0.3 is 0 Å². The summed E-state index contributed by atoms with van der Waals surface area (Å²) >= 11 is 0. The van der Waals surface area contributed by atoms with Crippen molar-refractivity contribution in [2.75, 3.05) is 20.1 Å². The van der Waals surface area contributed by atoms with Gasteiger partial charge in [-0.25, -0.2) is 0 Å². The number of hydrogen-bond acceptors (Lipinski definition) is 2. The van der Waals surface area contributed by atoms with E-state index >= 15 is 0 Å². The van der Waals surface area contributed by atoms with Gasteiger partial charge in [-0.05, 0) is 35.6 Å². The first kappa shape index (κ1) is 17.7. The fraction of sp³-hybridized carbons (Fsp3) is 0.238. The van der Waals surface area contributed by atoms with Gasteiger partial charge in [-0.15, -0.1) is 0 Å². The largest absolute Gasteiger partial charge is 0.339 e. The van der Waals surface area contributed by atoms with E-state index in [9.17, 15) is 4.79 Å². The molecule has 0 radical (unpaired) electrons. The lowest BCUT2D eigenvalue weighted by Crippen LogP contribution is -2.30. The average Bonchev–Trinajstić information content (AvgIpc) is 2.87. The van der Waals surface area contributed by atoms with Crippen LogP contribution in [0.5, 0.6) is 0 Å². The first-order chi connectivity index (χ1) is 11.7. The van der Waals surface area contributed by atoms with Crippen LogP contribution in [0.2, 0.25) is 0 Å². The van der Waals surface area contributed by atoms with Crippen molar-refractivity contribution in [3.8, 4) is 0 Å². The van der Waals surface area contributed by atoms with Crippen LogP contribution in [0.15, 0.2) is 77.9 Å². The van der Waals surface area contributed by atoms with Gasteiger partial charge in [-0.1, -0.05) is 55.1 Å². The number of amides is 1. The normalized spacial score (nSPS) is 15.9. The van der Waals surface area contributed by atoms with Crippen LogP contribution in [-0.2, 0) is 4.79 Å². The van der Waals surface area contributed by atoms with E-state index in [1.54, 1.807) is 31.5 Å². The molecule has 1 aromatic rings. The zero-order valence-electron chi connectivity index (χ0n) is 14.2. The molecule has 0 aliphatic carbocycles. The molecule has 1 heterocycles. The second-order valence-corrected chi connectivity index (χ2v) is 5.63. The number of rotatable bonds is 5. The van der Waals surface area contributed by atoms with E-state index in [-0.39, 0.29) is 5.91 Å². The van der Waals surface area contributed by atoms with Crippen LogP contribution >= 0.6 is 0 Å². The van der Waals surface area contributed by atoms with E-state index in [1.165, 1.54) is 11.1 Å². The van der Waals surface area contributed by atoms with Crippen molar-refractivity contribution in [1.82, 2.24) is 4.90 Å². The lowest BCUT2D eigenvalue weighted by molar-refractivity contribution is -0.125. The van der Waals surface area contributed by atoms with Crippen LogP contribution in [-0.4, -0.2) is 37.2 Å². The van der Waals surface area contributed by atoms with Crippen molar-refractivity contribution >= 4 is 17.7 Å². The third kappa shape index (κ3) is 5.51. The molecule has 0 atom stereocenters. The Morgan fingerprint density at radius 1 is 1.17 bits per heavy atom. The Morgan fingerprint density at radius 3 is 2.71 bits per heavy atom. The molecule has 2 rings (SSSR count). The quantitative estimate of drug-likeness (QED) is 0.457. The molecule has 3 heteroatoms. The summed E-state index contributed by atoms with van der Waals surface area (Å²) in [6, 6.07) is 10.4. The van der Waals surface area contributed by atoms with E-state index in [1.807, 2.05) is 17.0 Å².